The van der Waals surface area contributed by atoms with E-state index in [0.717, 1.165) is 89.1 Å². The Morgan fingerprint density at radius 3 is 1.08 bits per heavy atom. The Morgan fingerprint density at radius 2 is 0.600 bits per heavy atom. The van der Waals surface area contributed by atoms with Crippen LogP contribution in [-0.4, -0.2) is 0 Å². The Bertz CT molecular complexity index is 3360. The third kappa shape index (κ3) is 5.61. The fourth-order valence-electron chi connectivity index (χ4n) is 8.99. The second kappa shape index (κ2) is 13.8. The molecule has 0 aliphatic heterocycles. The second-order valence-corrected chi connectivity index (χ2v) is 15.3. The Balaban J connectivity index is 1.08. The van der Waals surface area contributed by atoms with Gasteiger partial charge in [-0.1, -0.05) is 133 Å². The zero-order chi connectivity index (χ0) is 39.6. The molecule has 0 amide bonds. The van der Waals surface area contributed by atoms with E-state index in [1.54, 1.807) is 0 Å². The van der Waals surface area contributed by atoms with Crippen LogP contribution in [-0.2, 0) is 0 Å². The summed E-state index contributed by atoms with van der Waals surface area (Å²) >= 11 is 0. The van der Waals surface area contributed by atoms with Crippen LogP contribution in [0, 0.1) is 0 Å². The maximum Gasteiger partial charge on any atom is 0.137 e. The van der Waals surface area contributed by atoms with Crippen molar-refractivity contribution < 1.29 is 8.83 Å². The molecular weight excluding hydrogens is 733 g/mol. The third-order valence-electron chi connectivity index (χ3n) is 11.8. The fourth-order valence-corrected chi connectivity index (χ4v) is 8.99. The summed E-state index contributed by atoms with van der Waals surface area (Å²) in [7, 11) is 0. The smallest absolute Gasteiger partial charge is 0.137 e. The topological polar surface area (TPSA) is 32.8 Å². The lowest BCUT2D eigenvalue weighted by Gasteiger charge is -2.31. The van der Waals surface area contributed by atoms with Crippen molar-refractivity contribution in [3.05, 3.63) is 218 Å². The van der Waals surface area contributed by atoms with Crippen molar-refractivity contribution in [3.63, 3.8) is 0 Å². The lowest BCUT2D eigenvalue weighted by molar-refractivity contribution is 0.668. The van der Waals surface area contributed by atoms with Crippen LogP contribution in [0.25, 0.3) is 76.5 Å². The van der Waals surface area contributed by atoms with Gasteiger partial charge < -0.3 is 18.6 Å². The van der Waals surface area contributed by atoms with Crippen LogP contribution in [0.3, 0.4) is 0 Å². The molecule has 0 radical (unpaired) electrons. The molecule has 12 rings (SSSR count). The first-order chi connectivity index (χ1) is 29.7. The molecule has 2 aromatic heterocycles. The van der Waals surface area contributed by atoms with Crippen molar-refractivity contribution in [1.82, 2.24) is 0 Å². The Morgan fingerprint density at radius 1 is 0.250 bits per heavy atom. The van der Waals surface area contributed by atoms with Crippen molar-refractivity contribution >= 4 is 99.5 Å². The maximum atomic E-state index is 6.49. The highest BCUT2D eigenvalue weighted by atomic mass is 16.3. The van der Waals surface area contributed by atoms with Crippen LogP contribution in [0.2, 0.25) is 0 Å². The predicted molar refractivity (Wildman–Crippen MR) is 251 cm³/mol. The minimum Gasteiger partial charge on any atom is -0.456 e. The first kappa shape index (κ1) is 34.0. The van der Waals surface area contributed by atoms with Gasteiger partial charge in [-0.15, -0.1) is 0 Å². The molecule has 0 saturated heterocycles. The number of furan rings is 2. The van der Waals surface area contributed by atoms with Gasteiger partial charge in [0, 0.05) is 67.6 Å². The lowest BCUT2D eigenvalue weighted by Crippen LogP contribution is -2.13. The van der Waals surface area contributed by atoms with Crippen LogP contribution in [0.4, 0.5) is 34.1 Å². The Hall–Kier alpha value is -8.08. The monoisotopic (exact) mass is 768 g/mol. The molecule has 2 heterocycles. The average Bonchev–Trinajstić information content (AvgIpc) is 3.87. The maximum absolute atomic E-state index is 6.49. The van der Waals surface area contributed by atoms with Gasteiger partial charge in [0.25, 0.3) is 0 Å². The molecule has 0 fully saturated rings. The molecule has 12 aromatic rings. The van der Waals surface area contributed by atoms with Crippen LogP contribution in [0.5, 0.6) is 0 Å². The van der Waals surface area contributed by atoms with E-state index in [0.29, 0.717) is 0 Å². The highest BCUT2D eigenvalue weighted by Gasteiger charge is 2.24. The van der Waals surface area contributed by atoms with Crippen molar-refractivity contribution in [2.45, 2.75) is 0 Å². The number of rotatable bonds is 7. The van der Waals surface area contributed by atoms with Gasteiger partial charge in [0.05, 0.1) is 11.4 Å². The summed E-state index contributed by atoms with van der Waals surface area (Å²) in [5.74, 6) is 0. The normalized spacial score (nSPS) is 11.7. The number of para-hydroxylation sites is 4. The number of hydrogen-bond donors (Lipinski definition) is 0. The van der Waals surface area contributed by atoms with Gasteiger partial charge in [0.1, 0.15) is 22.3 Å². The molecule has 0 bridgehead atoms. The molecule has 0 atom stereocenters. The van der Waals surface area contributed by atoms with E-state index in [1.165, 1.54) is 21.5 Å². The van der Waals surface area contributed by atoms with E-state index < -0.39 is 0 Å². The van der Waals surface area contributed by atoms with E-state index in [9.17, 15) is 0 Å². The number of nitrogens with zero attached hydrogens (tertiary/aromatic N) is 2. The molecule has 0 N–H and O–H groups in total. The highest BCUT2D eigenvalue weighted by molar-refractivity contribution is 6.08. The Kier molecular flexibility index (Phi) is 7.82. The van der Waals surface area contributed by atoms with Gasteiger partial charge in [0.15, 0.2) is 0 Å². The van der Waals surface area contributed by atoms with Crippen LogP contribution in [0.15, 0.2) is 227 Å². The fraction of sp³-hybridized carbons (Fsp3) is 0. The zero-order valence-electron chi connectivity index (χ0n) is 32.5. The van der Waals surface area contributed by atoms with Crippen molar-refractivity contribution in [2.24, 2.45) is 0 Å². The predicted octanol–water partition coefficient (Wildman–Crippen LogP) is 16.4. The van der Waals surface area contributed by atoms with E-state index >= 15 is 0 Å². The summed E-state index contributed by atoms with van der Waals surface area (Å²) in [5.41, 5.74) is 11.8. The van der Waals surface area contributed by atoms with Crippen molar-refractivity contribution in [1.29, 1.82) is 0 Å². The quantitative estimate of drug-likeness (QED) is 0.162. The molecule has 60 heavy (non-hydrogen) atoms. The van der Waals surface area contributed by atoms with Gasteiger partial charge in [-0.3, -0.25) is 0 Å². The third-order valence-corrected chi connectivity index (χ3v) is 11.8. The first-order valence-corrected chi connectivity index (χ1v) is 20.3. The summed E-state index contributed by atoms with van der Waals surface area (Å²) in [4.78, 5) is 4.73. The lowest BCUT2D eigenvalue weighted by atomic mass is 9.98. The molecule has 4 nitrogen and oxygen atoms in total. The van der Waals surface area contributed by atoms with Gasteiger partial charge in [-0.2, -0.15) is 0 Å². The van der Waals surface area contributed by atoms with E-state index in [4.69, 9.17) is 8.83 Å². The molecule has 282 valence electrons. The summed E-state index contributed by atoms with van der Waals surface area (Å²) in [6, 6.07) is 77.7. The largest absolute Gasteiger partial charge is 0.456 e. The van der Waals surface area contributed by atoms with Crippen molar-refractivity contribution in [2.75, 3.05) is 9.80 Å². The van der Waals surface area contributed by atoms with Crippen LogP contribution >= 0.6 is 0 Å². The number of anilines is 6. The highest BCUT2D eigenvalue weighted by Crippen LogP contribution is 2.48. The molecule has 4 heteroatoms. The molecule has 0 aliphatic rings. The minimum atomic E-state index is 0.848. The van der Waals surface area contributed by atoms with Gasteiger partial charge in [-0.25, -0.2) is 0 Å². The molecular formula is C56H36N2O2. The number of benzene rings is 10. The summed E-state index contributed by atoms with van der Waals surface area (Å²) < 4.78 is 13.0. The molecule has 10 aromatic carbocycles. The Labute approximate surface area is 346 Å². The SMILES string of the molecule is c1ccc(N(c2ccc3ccccc3c2)c2ccc3c(c2)oc2ccccc23)c(-c2ccccc2N(c2ccc3ccccc3c2)c2ccc3c(c2)oc2ccccc23)c1. The molecule has 0 spiro atoms. The van der Waals surface area contributed by atoms with E-state index in [2.05, 4.69) is 204 Å². The standard InChI is InChI=1S/C56H36N2O2/c1-3-15-39-33-41(27-25-37(39)13-1)57(43-29-31-49-47-19-7-11-23-53(47)59-55(49)35-43)51-21-9-5-17-45(51)46-18-6-10-22-52(46)58(42-28-26-38-14-2-4-16-40(38)34-42)44-30-32-50-48-20-8-12-24-54(48)60-56(50)36-44/h1-36H. The van der Waals surface area contributed by atoms with Gasteiger partial charge >= 0.3 is 0 Å². The average molecular weight is 769 g/mol. The van der Waals surface area contributed by atoms with Gasteiger partial charge in [0.2, 0.25) is 0 Å². The first-order valence-electron chi connectivity index (χ1n) is 20.3. The number of hydrogen-bond acceptors (Lipinski definition) is 4. The summed E-state index contributed by atoms with van der Waals surface area (Å²) in [5, 5.41) is 9.15. The second-order valence-electron chi connectivity index (χ2n) is 15.3. The van der Waals surface area contributed by atoms with Crippen LogP contribution < -0.4 is 9.80 Å². The van der Waals surface area contributed by atoms with E-state index in [1.807, 2.05) is 24.3 Å². The summed E-state index contributed by atoms with van der Waals surface area (Å²) in [6.45, 7) is 0. The summed E-state index contributed by atoms with van der Waals surface area (Å²) in [6.07, 6.45) is 0. The zero-order valence-corrected chi connectivity index (χ0v) is 32.5. The van der Waals surface area contributed by atoms with E-state index in [-0.39, 0.29) is 0 Å². The molecule has 0 unspecified atom stereocenters. The number of fused-ring (bicyclic) bond motifs is 8. The van der Waals surface area contributed by atoms with Crippen molar-refractivity contribution in [3.8, 4) is 11.1 Å². The molecule has 0 aliphatic carbocycles. The van der Waals surface area contributed by atoms with Crippen LogP contribution in [0.1, 0.15) is 0 Å². The minimum absolute atomic E-state index is 0.848. The van der Waals surface area contributed by atoms with Gasteiger partial charge in [-0.05, 0) is 94.3 Å². The molecule has 0 saturated carbocycles.